The van der Waals surface area contributed by atoms with Crippen molar-refractivity contribution in [2.24, 2.45) is 0 Å². The van der Waals surface area contributed by atoms with Gasteiger partial charge in [0, 0.05) is 6.54 Å². The van der Waals surface area contributed by atoms with Gasteiger partial charge >= 0.3 is 0 Å². The Hall–Kier alpha value is -2.07. The Labute approximate surface area is 122 Å². The molecule has 2 aliphatic heterocycles. The van der Waals surface area contributed by atoms with E-state index in [1.165, 1.54) is 5.56 Å². The van der Waals surface area contributed by atoms with E-state index < -0.39 is 0 Å². The van der Waals surface area contributed by atoms with E-state index >= 15 is 0 Å². The Morgan fingerprint density at radius 2 is 1.90 bits per heavy atom. The molecule has 2 aromatic rings. The quantitative estimate of drug-likeness (QED) is 0.873. The molecule has 0 radical (unpaired) electrons. The average molecular weight is 285 g/mol. The van der Waals surface area contributed by atoms with Crippen LogP contribution in [0, 0.1) is 12.7 Å². The van der Waals surface area contributed by atoms with Gasteiger partial charge in [-0.15, -0.1) is 0 Å². The number of hydrogen-bond acceptors (Lipinski definition) is 3. The van der Waals surface area contributed by atoms with E-state index in [4.69, 9.17) is 9.47 Å². The molecule has 0 aromatic heterocycles. The van der Waals surface area contributed by atoms with Crippen molar-refractivity contribution in [2.75, 3.05) is 13.3 Å². The first-order valence-corrected chi connectivity index (χ1v) is 7.13. The number of hydrogen-bond donors (Lipinski definition) is 1. The van der Waals surface area contributed by atoms with Gasteiger partial charge < -0.3 is 14.8 Å². The molecule has 3 nitrogen and oxygen atoms in total. The standard InChI is InChI=1S/C17H16FNO2/c1-10-4-12(6-13(18)5-10)17-14-8-16-15(20-9-21-16)7-11(14)2-3-19-17/h4-8,17,19H,2-3,9H2,1H3. The highest BCUT2D eigenvalue weighted by Gasteiger charge is 2.26. The van der Waals surface area contributed by atoms with E-state index in [0.29, 0.717) is 0 Å². The van der Waals surface area contributed by atoms with Gasteiger partial charge in [-0.3, -0.25) is 0 Å². The zero-order chi connectivity index (χ0) is 14.4. The first kappa shape index (κ1) is 12.7. The summed E-state index contributed by atoms with van der Waals surface area (Å²) in [5, 5.41) is 3.47. The Morgan fingerprint density at radius 3 is 2.71 bits per heavy atom. The van der Waals surface area contributed by atoms with Crippen molar-refractivity contribution in [3.05, 3.63) is 58.4 Å². The highest BCUT2D eigenvalue weighted by atomic mass is 19.1. The number of ether oxygens (including phenoxy) is 2. The molecule has 0 fully saturated rings. The topological polar surface area (TPSA) is 30.5 Å². The van der Waals surface area contributed by atoms with Gasteiger partial charge in [-0.2, -0.15) is 0 Å². The second kappa shape index (κ2) is 4.74. The van der Waals surface area contributed by atoms with Crippen LogP contribution in [0.5, 0.6) is 11.5 Å². The minimum absolute atomic E-state index is 0.00218. The summed E-state index contributed by atoms with van der Waals surface area (Å²) in [5.74, 6) is 1.39. The number of aryl methyl sites for hydroxylation is 1. The van der Waals surface area contributed by atoms with Gasteiger partial charge in [0.1, 0.15) is 5.82 Å². The smallest absolute Gasteiger partial charge is 0.231 e. The van der Waals surface area contributed by atoms with Crippen LogP contribution < -0.4 is 14.8 Å². The summed E-state index contributed by atoms with van der Waals surface area (Å²) in [6.45, 7) is 3.05. The normalized spacial score (nSPS) is 19.4. The molecule has 1 atom stereocenters. The fraction of sp³-hybridized carbons (Fsp3) is 0.294. The fourth-order valence-electron chi connectivity index (χ4n) is 3.17. The largest absolute Gasteiger partial charge is 0.454 e. The molecular formula is C17H16FNO2. The van der Waals surface area contributed by atoms with Crippen LogP contribution in [0.2, 0.25) is 0 Å². The summed E-state index contributed by atoms with van der Waals surface area (Å²) in [4.78, 5) is 0. The third-order valence-electron chi connectivity index (χ3n) is 4.09. The lowest BCUT2D eigenvalue weighted by Gasteiger charge is -2.28. The van der Waals surface area contributed by atoms with E-state index in [9.17, 15) is 4.39 Å². The lowest BCUT2D eigenvalue weighted by atomic mass is 9.89. The molecule has 0 saturated carbocycles. The molecule has 4 rings (SSSR count). The van der Waals surface area contributed by atoms with Gasteiger partial charge in [-0.25, -0.2) is 4.39 Å². The van der Waals surface area contributed by atoms with Crippen molar-refractivity contribution < 1.29 is 13.9 Å². The molecule has 0 saturated heterocycles. The molecule has 21 heavy (non-hydrogen) atoms. The third kappa shape index (κ3) is 2.16. The van der Waals surface area contributed by atoms with Gasteiger partial charge in [0.2, 0.25) is 6.79 Å². The summed E-state index contributed by atoms with van der Waals surface area (Å²) in [6.07, 6.45) is 0.941. The van der Waals surface area contributed by atoms with Crippen LogP contribution in [0.25, 0.3) is 0 Å². The number of halogens is 1. The van der Waals surface area contributed by atoms with Crippen LogP contribution in [-0.2, 0) is 6.42 Å². The van der Waals surface area contributed by atoms with Crippen LogP contribution in [0.1, 0.15) is 28.3 Å². The van der Waals surface area contributed by atoms with Crippen LogP contribution >= 0.6 is 0 Å². The van der Waals surface area contributed by atoms with Crippen LogP contribution in [0.3, 0.4) is 0 Å². The minimum Gasteiger partial charge on any atom is -0.454 e. The second-order valence-corrected chi connectivity index (χ2v) is 5.60. The first-order chi connectivity index (χ1) is 10.2. The van der Waals surface area contributed by atoms with E-state index in [1.54, 1.807) is 12.1 Å². The number of benzene rings is 2. The summed E-state index contributed by atoms with van der Waals surface area (Å²) in [5.41, 5.74) is 4.27. The van der Waals surface area contributed by atoms with Crippen LogP contribution in [0.4, 0.5) is 4.39 Å². The van der Waals surface area contributed by atoms with Gasteiger partial charge in [-0.05, 0) is 59.9 Å². The molecule has 0 amide bonds. The summed E-state index contributed by atoms with van der Waals surface area (Å²) >= 11 is 0. The molecule has 4 heteroatoms. The van der Waals surface area contributed by atoms with E-state index in [1.807, 2.05) is 19.1 Å². The molecule has 1 N–H and O–H groups in total. The first-order valence-electron chi connectivity index (χ1n) is 7.13. The average Bonchev–Trinajstić information content (AvgIpc) is 2.90. The maximum atomic E-state index is 13.7. The molecule has 2 aliphatic rings. The number of rotatable bonds is 1. The second-order valence-electron chi connectivity index (χ2n) is 5.60. The molecule has 108 valence electrons. The lowest BCUT2D eigenvalue weighted by molar-refractivity contribution is 0.174. The number of nitrogens with one attached hydrogen (secondary N) is 1. The Balaban J connectivity index is 1.82. The molecule has 2 heterocycles. The van der Waals surface area contributed by atoms with Crippen molar-refractivity contribution >= 4 is 0 Å². The van der Waals surface area contributed by atoms with Crippen molar-refractivity contribution in [3.8, 4) is 11.5 Å². The summed E-state index contributed by atoms with van der Waals surface area (Å²) in [7, 11) is 0. The predicted molar refractivity (Wildman–Crippen MR) is 77.3 cm³/mol. The molecule has 0 aliphatic carbocycles. The molecule has 0 spiro atoms. The number of fused-ring (bicyclic) bond motifs is 2. The SMILES string of the molecule is Cc1cc(F)cc(C2NCCc3cc4c(cc32)OCO4)c1. The van der Waals surface area contributed by atoms with Gasteiger partial charge in [0.05, 0.1) is 6.04 Å². The van der Waals surface area contributed by atoms with E-state index in [0.717, 1.165) is 41.2 Å². The Kier molecular flexibility index (Phi) is 2.86. The highest BCUT2D eigenvalue weighted by molar-refractivity contribution is 5.52. The van der Waals surface area contributed by atoms with E-state index in [-0.39, 0.29) is 18.7 Å². The molecule has 0 bridgehead atoms. The fourth-order valence-corrected chi connectivity index (χ4v) is 3.17. The Bertz CT molecular complexity index is 694. The van der Waals surface area contributed by atoms with Crippen LogP contribution in [0.15, 0.2) is 30.3 Å². The van der Waals surface area contributed by atoms with Crippen molar-refractivity contribution in [2.45, 2.75) is 19.4 Å². The minimum atomic E-state index is -0.195. The maximum absolute atomic E-state index is 13.7. The zero-order valence-electron chi connectivity index (χ0n) is 11.8. The molecule has 2 aromatic carbocycles. The molecular weight excluding hydrogens is 269 g/mol. The van der Waals surface area contributed by atoms with Crippen molar-refractivity contribution in [1.29, 1.82) is 0 Å². The van der Waals surface area contributed by atoms with Gasteiger partial charge in [0.15, 0.2) is 11.5 Å². The predicted octanol–water partition coefficient (Wildman–Crippen LogP) is 3.10. The third-order valence-corrected chi connectivity index (χ3v) is 4.09. The lowest BCUT2D eigenvalue weighted by Crippen LogP contribution is -2.30. The van der Waals surface area contributed by atoms with E-state index in [2.05, 4.69) is 11.4 Å². The monoisotopic (exact) mass is 285 g/mol. The highest BCUT2D eigenvalue weighted by Crippen LogP contribution is 2.40. The molecule has 1 unspecified atom stereocenters. The summed E-state index contributed by atoms with van der Waals surface area (Å²) < 4.78 is 24.6. The van der Waals surface area contributed by atoms with Crippen molar-refractivity contribution in [1.82, 2.24) is 5.32 Å². The van der Waals surface area contributed by atoms with Gasteiger partial charge in [0.25, 0.3) is 0 Å². The summed E-state index contributed by atoms with van der Waals surface area (Å²) in [6, 6.07) is 9.25. The van der Waals surface area contributed by atoms with Gasteiger partial charge in [-0.1, -0.05) is 6.07 Å². The van der Waals surface area contributed by atoms with Crippen LogP contribution in [-0.4, -0.2) is 13.3 Å². The van der Waals surface area contributed by atoms with Crippen molar-refractivity contribution in [3.63, 3.8) is 0 Å². The zero-order valence-corrected chi connectivity index (χ0v) is 11.8. The maximum Gasteiger partial charge on any atom is 0.231 e. The Morgan fingerprint density at radius 1 is 1.10 bits per heavy atom.